The van der Waals surface area contributed by atoms with E-state index >= 15 is 0 Å². The minimum Gasteiger partial charge on any atom is -0.396 e. The molecule has 0 aromatic heterocycles. The summed E-state index contributed by atoms with van der Waals surface area (Å²) in [6.45, 7) is 0. The molecule has 106 valence electrons. The fourth-order valence-electron chi connectivity index (χ4n) is 1.64. The molecule has 0 aliphatic heterocycles. The molecule has 5 nitrogen and oxygen atoms in total. The predicted octanol–water partition coefficient (Wildman–Crippen LogP) is 2.45. The lowest BCUT2D eigenvalue weighted by atomic mass is 10.2. The molecule has 2 rings (SSSR count). The van der Waals surface area contributed by atoms with Gasteiger partial charge in [-0.05, 0) is 30.3 Å². The fourth-order valence-corrected chi connectivity index (χ4v) is 2.48. The van der Waals surface area contributed by atoms with E-state index in [1.807, 2.05) is 0 Å². The molecular formula is C12H11ClFN3O2S. The maximum Gasteiger partial charge on any atom is 0.240 e. The number of hydrogen-bond donors (Lipinski definition) is 3. The molecule has 2 aromatic carbocycles. The summed E-state index contributed by atoms with van der Waals surface area (Å²) in [7, 11) is -3.94. The molecular weight excluding hydrogens is 305 g/mol. The van der Waals surface area contributed by atoms with Crippen molar-refractivity contribution in [2.75, 3.05) is 11.1 Å². The number of nitrogens with two attached hydrogens (primary N) is 2. The zero-order valence-corrected chi connectivity index (χ0v) is 11.7. The molecule has 2 aromatic rings. The van der Waals surface area contributed by atoms with Crippen LogP contribution in [0, 0.1) is 5.82 Å². The zero-order valence-electron chi connectivity index (χ0n) is 10.1. The molecule has 0 fully saturated rings. The van der Waals surface area contributed by atoms with Crippen LogP contribution in [0.5, 0.6) is 0 Å². The number of para-hydroxylation sites is 1. The first-order chi connectivity index (χ1) is 9.29. The summed E-state index contributed by atoms with van der Waals surface area (Å²) in [5.41, 5.74) is 6.00. The maximum absolute atomic E-state index is 13.7. The number of anilines is 3. The van der Waals surface area contributed by atoms with Crippen LogP contribution in [0.25, 0.3) is 0 Å². The Kier molecular flexibility index (Phi) is 3.85. The molecule has 0 heterocycles. The molecule has 5 N–H and O–H groups in total. The van der Waals surface area contributed by atoms with Gasteiger partial charge in [0.15, 0.2) is 0 Å². The minimum absolute atomic E-state index is 0.0793. The second-order valence-corrected chi connectivity index (χ2v) is 5.98. The van der Waals surface area contributed by atoms with Crippen molar-refractivity contribution in [2.45, 2.75) is 4.90 Å². The van der Waals surface area contributed by atoms with E-state index in [-0.39, 0.29) is 27.0 Å². The van der Waals surface area contributed by atoms with Crippen molar-refractivity contribution in [2.24, 2.45) is 5.14 Å². The lowest BCUT2D eigenvalue weighted by Crippen LogP contribution is -2.15. The second-order valence-electron chi connectivity index (χ2n) is 4.01. The van der Waals surface area contributed by atoms with Gasteiger partial charge in [0.2, 0.25) is 10.0 Å². The van der Waals surface area contributed by atoms with Crippen LogP contribution in [0.1, 0.15) is 0 Å². The van der Waals surface area contributed by atoms with Gasteiger partial charge >= 0.3 is 0 Å². The number of hydrogen-bond acceptors (Lipinski definition) is 4. The molecule has 0 aliphatic rings. The Labute approximate surface area is 120 Å². The second kappa shape index (κ2) is 5.28. The summed E-state index contributed by atoms with van der Waals surface area (Å²) in [6.07, 6.45) is 0. The van der Waals surface area contributed by atoms with Gasteiger partial charge < -0.3 is 11.1 Å². The van der Waals surface area contributed by atoms with E-state index in [2.05, 4.69) is 5.32 Å². The molecule has 0 bridgehead atoms. The smallest absolute Gasteiger partial charge is 0.240 e. The molecule has 0 spiro atoms. The van der Waals surface area contributed by atoms with Crippen LogP contribution >= 0.6 is 11.6 Å². The molecule has 20 heavy (non-hydrogen) atoms. The SMILES string of the molecule is Nc1c(Nc2ccc(Cl)cc2F)cccc1S(N)(=O)=O. The van der Waals surface area contributed by atoms with Crippen molar-refractivity contribution in [1.29, 1.82) is 0 Å². The number of halogens is 2. The van der Waals surface area contributed by atoms with Crippen molar-refractivity contribution in [3.63, 3.8) is 0 Å². The Hall–Kier alpha value is -1.83. The predicted molar refractivity (Wildman–Crippen MR) is 76.9 cm³/mol. The van der Waals surface area contributed by atoms with Crippen LogP contribution in [0.4, 0.5) is 21.5 Å². The summed E-state index contributed by atoms with van der Waals surface area (Å²) in [6, 6.07) is 8.27. The molecule has 0 atom stereocenters. The van der Waals surface area contributed by atoms with Crippen molar-refractivity contribution in [3.05, 3.63) is 47.2 Å². The van der Waals surface area contributed by atoms with Crippen LogP contribution < -0.4 is 16.2 Å². The Morgan fingerprint density at radius 2 is 1.85 bits per heavy atom. The first-order valence-electron chi connectivity index (χ1n) is 5.42. The molecule has 0 unspecified atom stereocenters. The average molecular weight is 316 g/mol. The zero-order chi connectivity index (χ0) is 14.9. The van der Waals surface area contributed by atoms with Crippen LogP contribution in [0.3, 0.4) is 0 Å². The highest BCUT2D eigenvalue weighted by atomic mass is 35.5. The average Bonchev–Trinajstić information content (AvgIpc) is 2.33. The van der Waals surface area contributed by atoms with Gasteiger partial charge in [0.05, 0.1) is 17.1 Å². The molecule has 8 heteroatoms. The number of sulfonamides is 1. The Balaban J connectivity index is 2.45. The van der Waals surface area contributed by atoms with Crippen LogP contribution in [0.15, 0.2) is 41.3 Å². The highest BCUT2D eigenvalue weighted by Gasteiger charge is 2.15. The lowest BCUT2D eigenvalue weighted by molar-refractivity contribution is 0.598. The van der Waals surface area contributed by atoms with Gasteiger partial charge in [0.1, 0.15) is 10.7 Å². The van der Waals surface area contributed by atoms with Gasteiger partial charge in [0, 0.05) is 5.02 Å². The van der Waals surface area contributed by atoms with Gasteiger partial charge in [-0.1, -0.05) is 17.7 Å². The van der Waals surface area contributed by atoms with Gasteiger partial charge in [-0.25, -0.2) is 17.9 Å². The standard InChI is InChI=1S/C12H11ClFN3O2S/c13-7-4-5-9(8(14)6-7)17-10-2-1-3-11(12(10)15)20(16,18)19/h1-6,17H,15H2,(H2,16,18,19). The minimum atomic E-state index is -3.94. The van der Waals surface area contributed by atoms with E-state index in [4.69, 9.17) is 22.5 Å². The number of nitrogens with one attached hydrogen (secondary N) is 1. The van der Waals surface area contributed by atoms with E-state index in [1.54, 1.807) is 0 Å². The largest absolute Gasteiger partial charge is 0.396 e. The Morgan fingerprint density at radius 3 is 2.45 bits per heavy atom. The summed E-state index contributed by atoms with van der Waals surface area (Å²) < 4.78 is 36.4. The van der Waals surface area contributed by atoms with E-state index in [0.29, 0.717) is 0 Å². The van der Waals surface area contributed by atoms with Gasteiger partial charge in [-0.3, -0.25) is 0 Å². The highest BCUT2D eigenvalue weighted by molar-refractivity contribution is 7.89. The third kappa shape index (κ3) is 3.01. The molecule has 0 radical (unpaired) electrons. The van der Waals surface area contributed by atoms with Gasteiger partial charge in [-0.2, -0.15) is 0 Å². The topological polar surface area (TPSA) is 98.2 Å². The first kappa shape index (κ1) is 14.6. The number of nitrogen functional groups attached to an aromatic ring is 1. The van der Waals surface area contributed by atoms with Crippen LogP contribution in [-0.4, -0.2) is 8.42 Å². The van der Waals surface area contributed by atoms with Crippen molar-refractivity contribution in [1.82, 2.24) is 0 Å². The monoisotopic (exact) mass is 315 g/mol. The van der Waals surface area contributed by atoms with Crippen molar-refractivity contribution < 1.29 is 12.8 Å². The summed E-state index contributed by atoms with van der Waals surface area (Å²) in [5, 5.41) is 7.99. The summed E-state index contributed by atoms with van der Waals surface area (Å²) >= 11 is 5.65. The summed E-state index contributed by atoms with van der Waals surface area (Å²) in [4.78, 5) is -0.225. The van der Waals surface area contributed by atoms with E-state index in [0.717, 1.165) is 6.07 Å². The third-order valence-electron chi connectivity index (χ3n) is 2.57. The van der Waals surface area contributed by atoms with Gasteiger partial charge in [-0.15, -0.1) is 0 Å². The van der Waals surface area contributed by atoms with E-state index < -0.39 is 15.8 Å². The van der Waals surface area contributed by atoms with Crippen molar-refractivity contribution in [3.8, 4) is 0 Å². The number of primary sulfonamides is 1. The third-order valence-corrected chi connectivity index (χ3v) is 3.78. The fraction of sp³-hybridized carbons (Fsp3) is 0. The van der Waals surface area contributed by atoms with E-state index in [1.165, 1.54) is 30.3 Å². The number of rotatable bonds is 3. The normalized spacial score (nSPS) is 11.3. The summed E-state index contributed by atoms with van der Waals surface area (Å²) in [5.74, 6) is -0.585. The first-order valence-corrected chi connectivity index (χ1v) is 7.35. The van der Waals surface area contributed by atoms with Crippen molar-refractivity contribution >= 4 is 38.7 Å². The number of benzene rings is 2. The quantitative estimate of drug-likeness (QED) is 0.758. The molecule has 0 saturated heterocycles. The molecule has 0 aliphatic carbocycles. The van der Waals surface area contributed by atoms with Gasteiger partial charge in [0.25, 0.3) is 0 Å². The molecule has 0 amide bonds. The Morgan fingerprint density at radius 1 is 1.15 bits per heavy atom. The van der Waals surface area contributed by atoms with Crippen LogP contribution in [-0.2, 0) is 10.0 Å². The maximum atomic E-state index is 13.7. The highest BCUT2D eigenvalue weighted by Crippen LogP contribution is 2.30. The molecule has 0 saturated carbocycles. The Bertz CT molecular complexity index is 765. The van der Waals surface area contributed by atoms with E-state index in [9.17, 15) is 12.8 Å². The van der Waals surface area contributed by atoms with Crippen LogP contribution in [0.2, 0.25) is 5.02 Å². The lowest BCUT2D eigenvalue weighted by Gasteiger charge is -2.12.